The molecule has 1 aliphatic rings. The quantitative estimate of drug-likeness (QED) is 0.875. The third-order valence-corrected chi connectivity index (χ3v) is 5.66. The number of nitrogens with zero attached hydrogens (tertiary/aromatic N) is 1. The Morgan fingerprint density at radius 1 is 1.19 bits per heavy atom. The molecule has 2 atom stereocenters. The molecule has 1 heterocycles. The summed E-state index contributed by atoms with van der Waals surface area (Å²) in [5.41, 5.74) is 3.30. The number of hydrogen-bond acceptors (Lipinski definition) is 2. The van der Waals surface area contributed by atoms with Crippen molar-refractivity contribution in [3.63, 3.8) is 0 Å². The van der Waals surface area contributed by atoms with Crippen LogP contribution < -0.4 is 5.32 Å². The average Bonchev–Trinajstić information content (AvgIpc) is 2.50. The van der Waals surface area contributed by atoms with E-state index in [9.17, 15) is 0 Å². The molecule has 1 N–H and O–H groups in total. The molecule has 21 heavy (non-hydrogen) atoms. The van der Waals surface area contributed by atoms with Crippen LogP contribution in [0.25, 0.3) is 0 Å². The minimum Gasteiger partial charge on any atom is -0.312 e. The van der Waals surface area contributed by atoms with E-state index in [1.165, 1.54) is 43.5 Å². The van der Waals surface area contributed by atoms with Gasteiger partial charge < -0.3 is 5.32 Å². The van der Waals surface area contributed by atoms with Crippen LogP contribution in [-0.4, -0.2) is 31.1 Å². The van der Waals surface area contributed by atoms with Crippen LogP contribution in [0, 0.1) is 12.3 Å². The maximum Gasteiger partial charge on any atom is 0.0473 e. The van der Waals surface area contributed by atoms with Crippen molar-refractivity contribution >= 4 is 0 Å². The van der Waals surface area contributed by atoms with Crippen LogP contribution in [0.5, 0.6) is 0 Å². The van der Waals surface area contributed by atoms with Crippen molar-refractivity contribution in [2.75, 3.05) is 20.1 Å². The Morgan fingerprint density at radius 2 is 1.76 bits per heavy atom. The highest BCUT2D eigenvalue weighted by atomic mass is 15.2. The molecule has 118 valence electrons. The maximum absolute atomic E-state index is 3.53. The van der Waals surface area contributed by atoms with Crippen molar-refractivity contribution in [1.29, 1.82) is 0 Å². The number of likely N-dealkylation sites (N-methyl/N-ethyl adjacent to an activating group) is 1. The van der Waals surface area contributed by atoms with Crippen molar-refractivity contribution in [3.05, 3.63) is 35.4 Å². The summed E-state index contributed by atoms with van der Waals surface area (Å²) in [6.07, 6.45) is 3.97. The summed E-state index contributed by atoms with van der Waals surface area (Å²) in [5.74, 6) is 0. The fourth-order valence-electron chi connectivity index (χ4n) is 3.50. The molecule has 2 nitrogen and oxygen atoms in total. The number of likely N-dealkylation sites (tertiary alicyclic amines) is 1. The Labute approximate surface area is 130 Å². The Kier molecular flexibility index (Phi) is 5.45. The summed E-state index contributed by atoms with van der Waals surface area (Å²) in [7, 11) is 2.08. The Morgan fingerprint density at radius 3 is 2.24 bits per heavy atom. The van der Waals surface area contributed by atoms with Gasteiger partial charge in [0.2, 0.25) is 0 Å². The summed E-state index contributed by atoms with van der Waals surface area (Å²) in [6.45, 7) is 11.8. The Balaban J connectivity index is 2.04. The summed E-state index contributed by atoms with van der Waals surface area (Å²) in [6, 6.07) is 9.93. The number of hydrogen-bond donors (Lipinski definition) is 1. The fourth-order valence-corrected chi connectivity index (χ4v) is 3.50. The predicted octanol–water partition coefficient (Wildman–Crippen LogP) is 4.16. The van der Waals surface area contributed by atoms with Crippen molar-refractivity contribution in [2.45, 2.75) is 59.0 Å². The van der Waals surface area contributed by atoms with E-state index in [0.29, 0.717) is 17.5 Å². The molecular formula is C19H32N2. The minimum absolute atomic E-state index is 0.414. The first-order valence-electron chi connectivity index (χ1n) is 8.47. The Bertz CT molecular complexity index is 429. The topological polar surface area (TPSA) is 15.3 Å². The maximum atomic E-state index is 3.53. The molecule has 2 rings (SSSR count). The van der Waals surface area contributed by atoms with E-state index < -0.39 is 0 Å². The van der Waals surface area contributed by atoms with Crippen LogP contribution in [-0.2, 0) is 0 Å². The van der Waals surface area contributed by atoms with Gasteiger partial charge in [0.05, 0.1) is 0 Å². The van der Waals surface area contributed by atoms with Crippen LogP contribution in [0.3, 0.4) is 0 Å². The first-order valence-corrected chi connectivity index (χ1v) is 8.47. The molecule has 0 amide bonds. The van der Waals surface area contributed by atoms with Crippen LogP contribution in [0.1, 0.15) is 57.2 Å². The third-order valence-electron chi connectivity index (χ3n) is 5.66. The first-order chi connectivity index (χ1) is 9.99. The third kappa shape index (κ3) is 3.87. The van der Waals surface area contributed by atoms with Gasteiger partial charge in [-0.2, -0.15) is 0 Å². The zero-order chi connectivity index (χ0) is 15.5. The van der Waals surface area contributed by atoms with Gasteiger partial charge in [0, 0.05) is 12.1 Å². The SMILES string of the molecule is CCC1(C)CCN(C(C)C(NC)c2ccc(C)cc2)CC1. The molecule has 1 saturated heterocycles. The monoisotopic (exact) mass is 288 g/mol. The molecule has 1 aliphatic heterocycles. The average molecular weight is 288 g/mol. The minimum atomic E-state index is 0.414. The van der Waals surface area contributed by atoms with Gasteiger partial charge in [-0.15, -0.1) is 0 Å². The summed E-state index contributed by atoms with van der Waals surface area (Å²) >= 11 is 0. The molecule has 0 aliphatic carbocycles. The lowest BCUT2D eigenvalue weighted by Gasteiger charge is -2.43. The van der Waals surface area contributed by atoms with Gasteiger partial charge in [0.1, 0.15) is 0 Å². The second-order valence-corrected chi connectivity index (χ2v) is 7.12. The van der Waals surface area contributed by atoms with Crippen LogP contribution in [0.15, 0.2) is 24.3 Å². The van der Waals surface area contributed by atoms with Gasteiger partial charge in [0.25, 0.3) is 0 Å². The van der Waals surface area contributed by atoms with Crippen LogP contribution in [0.4, 0.5) is 0 Å². The molecule has 0 radical (unpaired) electrons. The van der Waals surface area contributed by atoms with Gasteiger partial charge in [-0.3, -0.25) is 4.90 Å². The lowest BCUT2D eigenvalue weighted by Crippen LogP contribution is -2.47. The number of rotatable bonds is 5. The standard InChI is InChI=1S/C19H32N2/c1-6-19(4)11-13-21(14-12-19)16(3)18(20-5)17-9-7-15(2)8-10-17/h7-10,16,18,20H,6,11-14H2,1-5H3. The largest absolute Gasteiger partial charge is 0.312 e. The van der Waals surface area contributed by atoms with Crippen molar-refractivity contribution in [3.8, 4) is 0 Å². The highest BCUT2D eigenvalue weighted by Crippen LogP contribution is 2.35. The van der Waals surface area contributed by atoms with Crippen LogP contribution in [0.2, 0.25) is 0 Å². The van der Waals surface area contributed by atoms with Crippen molar-refractivity contribution < 1.29 is 0 Å². The number of benzene rings is 1. The first kappa shape index (κ1) is 16.5. The molecule has 2 unspecified atom stereocenters. The zero-order valence-electron chi connectivity index (χ0n) is 14.4. The molecule has 1 fully saturated rings. The van der Waals surface area contributed by atoms with E-state index in [1.807, 2.05) is 0 Å². The molecule has 0 bridgehead atoms. The Hall–Kier alpha value is -0.860. The number of aryl methyl sites for hydroxylation is 1. The van der Waals surface area contributed by atoms with Gasteiger partial charge in [-0.05, 0) is 57.8 Å². The second kappa shape index (κ2) is 6.93. The molecule has 0 spiro atoms. The van der Waals surface area contributed by atoms with E-state index in [-0.39, 0.29) is 0 Å². The lowest BCUT2D eigenvalue weighted by molar-refractivity contribution is 0.0726. The summed E-state index contributed by atoms with van der Waals surface area (Å²) in [5, 5.41) is 3.53. The molecule has 1 aromatic carbocycles. The molecule has 2 heteroatoms. The van der Waals surface area contributed by atoms with Crippen molar-refractivity contribution in [1.82, 2.24) is 10.2 Å². The fraction of sp³-hybridized carbons (Fsp3) is 0.684. The number of nitrogens with one attached hydrogen (secondary N) is 1. The van der Waals surface area contributed by atoms with Crippen molar-refractivity contribution in [2.24, 2.45) is 5.41 Å². The van der Waals surface area contributed by atoms with Gasteiger partial charge in [0.15, 0.2) is 0 Å². The molecule has 1 aromatic rings. The summed E-state index contributed by atoms with van der Waals surface area (Å²) in [4.78, 5) is 2.67. The van der Waals surface area contributed by atoms with E-state index in [0.717, 1.165) is 0 Å². The van der Waals surface area contributed by atoms with Gasteiger partial charge >= 0.3 is 0 Å². The predicted molar refractivity (Wildman–Crippen MR) is 91.6 cm³/mol. The lowest BCUT2D eigenvalue weighted by atomic mass is 9.77. The second-order valence-electron chi connectivity index (χ2n) is 7.12. The smallest absolute Gasteiger partial charge is 0.0473 e. The van der Waals surface area contributed by atoms with Gasteiger partial charge in [-0.1, -0.05) is 50.1 Å². The number of piperidine rings is 1. The van der Waals surface area contributed by atoms with Gasteiger partial charge in [-0.25, -0.2) is 0 Å². The summed E-state index contributed by atoms with van der Waals surface area (Å²) < 4.78 is 0. The molecule has 0 aromatic heterocycles. The molecule has 0 saturated carbocycles. The highest BCUT2D eigenvalue weighted by Gasteiger charge is 2.32. The normalized spacial score (nSPS) is 22.0. The molecular weight excluding hydrogens is 256 g/mol. The zero-order valence-corrected chi connectivity index (χ0v) is 14.4. The van der Waals surface area contributed by atoms with E-state index in [4.69, 9.17) is 0 Å². The van der Waals surface area contributed by atoms with E-state index in [1.54, 1.807) is 0 Å². The van der Waals surface area contributed by atoms with E-state index in [2.05, 4.69) is 69.2 Å². The highest BCUT2D eigenvalue weighted by molar-refractivity contribution is 5.25. The van der Waals surface area contributed by atoms with Crippen LogP contribution >= 0.6 is 0 Å². The van der Waals surface area contributed by atoms with E-state index >= 15 is 0 Å².